The molecular weight excluding hydrogens is 380 g/mol. The van der Waals surface area contributed by atoms with Gasteiger partial charge in [0.15, 0.2) is 0 Å². The van der Waals surface area contributed by atoms with Crippen LogP contribution in [0.15, 0.2) is 60.7 Å². The van der Waals surface area contributed by atoms with E-state index in [2.05, 4.69) is 0 Å². The number of hydrogen-bond acceptors (Lipinski definition) is 5. The van der Waals surface area contributed by atoms with Crippen molar-refractivity contribution in [1.82, 2.24) is 9.80 Å². The largest absolute Gasteiger partial charge is 0.448 e. The number of esters is 1. The highest BCUT2D eigenvalue weighted by molar-refractivity contribution is 6.03. The predicted molar refractivity (Wildman–Crippen MR) is 111 cm³/mol. The third kappa shape index (κ3) is 4.60. The second-order valence-corrected chi connectivity index (χ2v) is 7.95. The summed E-state index contributed by atoms with van der Waals surface area (Å²) in [5.74, 6) is -1.35. The maximum atomic E-state index is 13.0. The number of nitrogens with zero attached hydrogens (tertiary/aromatic N) is 2. The van der Waals surface area contributed by atoms with Gasteiger partial charge in [-0.3, -0.25) is 19.3 Å². The fourth-order valence-corrected chi connectivity index (χ4v) is 4.20. The van der Waals surface area contributed by atoms with Gasteiger partial charge in [-0.05, 0) is 24.0 Å². The number of ketones is 1. The van der Waals surface area contributed by atoms with Gasteiger partial charge >= 0.3 is 5.97 Å². The van der Waals surface area contributed by atoms with Crippen molar-refractivity contribution in [3.63, 3.8) is 0 Å². The number of cyclic esters (lactones) is 1. The van der Waals surface area contributed by atoms with Crippen molar-refractivity contribution < 1.29 is 19.1 Å². The molecule has 1 unspecified atom stereocenters. The first kappa shape index (κ1) is 20.3. The van der Waals surface area contributed by atoms with Crippen molar-refractivity contribution in [2.24, 2.45) is 5.92 Å². The molecule has 2 fully saturated rings. The Morgan fingerprint density at radius 3 is 2.23 bits per heavy atom. The van der Waals surface area contributed by atoms with Gasteiger partial charge in [0, 0.05) is 26.1 Å². The van der Waals surface area contributed by atoms with Crippen LogP contribution in [0.4, 0.5) is 0 Å². The van der Waals surface area contributed by atoms with Gasteiger partial charge in [-0.2, -0.15) is 0 Å². The van der Waals surface area contributed by atoms with Gasteiger partial charge in [0.1, 0.15) is 18.6 Å². The molecule has 0 bridgehead atoms. The summed E-state index contributed by atoms with van der Waals surface area (Å²) in [6.45, 7) is 1.87. The molecule has 0 radical (unpaired) electrons. The van der Waals surface area contributed by atoms with E-state index in [1.165, 1.54) is 0 Å². The van der Waals surface area contributed by atoms with E-state index in [1.807, 2.05) is 65.6 Å². The molecule has 0 saturated carbocycles. The molecule has 2 aromatic carbocycles. The Morgan fingerprint density at radius 2 is 1.57 bits per heavy atom. The van der Waals surface area contributed by atoms with Crippen LogP contribution < -0.4 is 0 Å². The van der Waals surface area contributed by atoms with E-state index in [0.29, 0.717) is 26.1 Å². The Bertz CT molecular complexity index is 900. The van der Waals surface area contributed by atoms with Crippen LogP contribution in [0.1, 0.15) is 30.4 Å². The van der Waals surface area contributed by atoms with Crippen molar-refractivity contribution in [3.05, 3.63) is 71.8 Å². The summed E-state index contributed by atoms with van der Waals surface area (Å²) in [4.78, 5) is 41.9. The van der Waals surface area contributed by atoms with Gasteiger partial charge in [0.25, 0.3) is 0 Å². The van der Waals surface area contributed by atoms with E-state index < -0.39 is 12.0 Å². The maximum Gasteiger partial charge on any atom is 0.325 e. The lowest BCUT2D eigenvalue weighted by Gasteiger charge is -2.32. The number of Topliss-reactive ketones (excluding diaryl/α,β-unsaturated/α-hetero) is 1. The van der Waals surface area contributed by atoms with Crippen molar-refractivity contribution >= 4 is 17.7 Å². The SMILES string of the molecule is O=C(C[C@H]1C(=O)OCN1Cc1ccccc1)C1CCCN(Cc2ccccc2)C1=O. The van der Waals surface area contributed by atoms with E-state index in [9.17, 15) is 14.4 Å². The molecular formula is C24H26N2O4. The third-order valence-corrected chi connectivity index (χ3v) is 5.84. The molecule has 0 aliphatic carbocycles. The molecule has 2 aromatic rings. The predicted octanol–water partition coefficient (Wildman–Crippen LogP) is 2.77. The quantitative estimate of drug-likeness (QED) is 0.523. The monoisotopic (exact) mass is 406 g/mol. The van der Waals surface area contributed by atoms with Crippen LogP contribution in [-0.2, 0) is 32.2 Å². The number of amides is 1. The Balaban J connectivity index is 1.40. The lowest BCUT2D eigenvalue weighted by atomic mass is 9.89. The number of rotatable bonds is 7. The summed E-state index contributed by atoms with van der Waals surface area (Å²) in [7, 11) is 0. The molecule has 6 nitrogen and oxygen atoms in total. The molecule has 2 saturated heterocycles. The van der Waals surface area contributed by atoms with Gasteiger partial charge in [0.2, 0.25) is 5.91 Å². The molecule has 1 amide bonds. The fourth-order valence-electron chi connectivity index (χ4n) is 4.20. The zero-order valence-corrected chi connectivity index (χ0v) is 16.9. The van der Waals surface area contributed by atoms with Gasteiger partial charge in [-0.15, -0.1) is 0 Å². The third-order valence-electron chi connectivity index (χ3n) is 5.84. The van der Waals surface area contributed by atoms with E-state index >= 15 is 0 Å². The van der Waals surface area contributed by atoms with E-state index in [-0.39, 0.29) is 30.8 Å². The van der Waals surface area contributed by atoms with Crippen LogP contribution >= 0.6 is 0 Å². The van der Waals surface area contributed by atoms with Crippen LogP contribution in [0.2, 0.25) is 0 Å². The summed E-state index contributed by atoms with van der Waals surface area (Å²) in [6.07, 6.45) is 1.35. The fraction of sp³-hybridized carbons (Fsp3) is 0.375. The van der Waals surface area contributed by atoms with E-state index in [4.69, 9.17) is 4.74 Å². The standard InChI is InChI=1S/C24H26N2O4/c27-22(14-21-24(29)30-17-26(21)16-19-10-5-2-6-11-19)20-12-7-13-25(23(20)28)15-18-8-3-1-4-9-18/h1-6,8-11,20-21H,7,12-17H2/t20?,21-/m0/s1. The summed E-state index contributed by atoms with van der Waals surface area (Å²) in [6, 6.07) is 18.9. The number of carbonyl (C=O) groups excluding carboxylic acids is 3. The molecule has 4 rings (SSSR count). The summed E-state index contributed by atoms with van der Waals surface area (Å²) >= 11 is 0. The summed E-state index contributed by atoms with van der Waals surface area (Å²) < 4.78 is 5.20. The number of hydrogen-bond donors (Lipinski definition) is 0. The number of piperidine rings is 1. The highest BCUT2D eigenvalue weighted by atomic mass is 16.6. The number of benzene rings is 2. The zero-order chi connectivity index (χ0) is 20.9. The van der Waals surface area contributed by atoms with E-state index in [0.717, 1.165) is 17.5 Å². The molecule has 30 heavy (non-hydrogen) atoms. The minimum Gasteiger partial charge on any atom is -0.448 e. The molecule has 0 spiro atoms. The van der Waals surface area contributed by atoms with Gasteiger partial charge in [-0.1, -0.05) is 60.7 Å². The first-order valence-electron chi connectivity index (χ1n) is 10.4. The molecule has 2 aliphatic rings. The molecule has 6 heteroatoms. The van der Waals surface area contributed by atoms with Crippen LogP contribution in [0.25, 0.3) is 0 Å². The minimum absolute atomic E-state index is 0.0151. The maximum absolute atomic E-state index is 13.0. The second kappa shape index (κ2) is 9.22. The number of carbonyl (C=O) groups is 3. The molecule has 2 heterocycles. The summed E-state index contributed by atoms with van der Waals surface area (Å²) in [5, 5.41) is 0. The Morgan fingerprint density at radius 1 is 0.933 bits per heavy atom. The Labute approximate surface area is 176 Å². The molecule has 0 aromatic heterocycles. The lowest BCUT2D eigenvalue weighted by molar-refractivity contribution is -0.147. The summed E-state index contributed by atoms with van der Waals surface area (Å²) in [5.41, 5.74) is 2.10. The first-order valence-corrected chi connectivity index (χ1v) is 10.4. The Kier molecular flexibility index (Phi) is 6.23. The van der Waals surface area contributed by atoms with Crippen LogP contribution in [0, 0.1) is 5.92 Å². The van der Waals surface area contributed by atoms with Gasteiger partial charge in [-0.25, -0.2) is 0 Å². The smallest absolute Gasteiger partial charge is 0.325 e. The Hall–Kier alpha value is -2.99. The van der Waals surface area contributed by atoms with Crippen molar-refractivity contribution in [2.45, 2.75) is 38.4 Å². The van der Waals surface area contributed by atoms with Gasteiger partial charge in [0.05, 0.1) is 5.92 Å². The zero-order valence-electron chi connectivity index (χ0n) is 16.9. The average Bonchev–Trinajstić information content (AvgIpc) is 3.10. The minimum atomic E-state index is -0.672. The molecule has 156 valence electrons. The molecule has 2 aliphatic heterocycles. The average molecular weight is 406 g/mol. The number of likely N-dealkylation sites (tertiary alicyclic amines) is 1. The van der Waals surface area contributed by atoms with Crippen molar-refractivity contribution in [2.75, 3.05) is 13.3 Å². The van der Waals surface area contributed by atoms with Crippen LogP contribution in [0.3, 0.4) is 0 Å². The number of ether oxygens (including phenoxy) is 1. The molecule has 0 N–H and O–H groups in total. The van der Waals surface area contributed by atoms with Crippen molar-refractivity contribution in [1.29, 1.82) is 0 Å². The second-order valence-electron chi connectivity index (χ2n) is 7.95. The van der Waals surface area contributed by atoms with E-state index in [1.54, 1.807) is 4.90 Å². The normalized spacial score (nSPS) is 22.2. The van der Waals surface area contributed by atoms with Crippen LogP contribution in [0.5, 0.6) is 0 Å². The van der Waals surface area contributed by atoms with Crippen molar-refractivity contribution in [3.8, 4) is 0 Å². The first-order chi connectivity index (χ1) is 14.6. The van der Waals surface area contributed by atoms with Gasteiger partial charge < -0.3 is 9.64 Å². The topological polar surface area (TPSA) is 66.9 Å². The lowest BCUT2D eigenvalue weighted by Crippen LogP contribution is -2.45. The highest BCUT2D eigenvalue weighted by Gasteiger charge is 2.40. The molecule has 2 atom stereocenters. The van der Waals surface area contributed by atoms with Crippen LogP contribution in [-0.4, -0.2) is 46.8 Å². The highest BCUT2D eigenvalue weighted by Crippen LogP contribution is 2.25.